The van der Waals surface area contributed by atoms with Gasteiger partial charge in [-0.05, 0) is 13.3 Å². The molecule has 11 heavy (non-hydrogen) atoms. The van der Waals surface area contributed by atoms with Crippen LogP contribution < -0.4 is 0 Å². The van der Waals surface area contributed by atoms with Gasteiger partial charge in [-0.25, -0.2) is 4.79 Å². The largest absolute Gasteiger partial charge is 0.501 e. The van der Waals surface area contributed by atoms with E-state index >= 15 is 0 Å². The monoisotopic (exact) mass is 158 g/mol. The third kappa shape index (κ3) is 4.42. The summed E-state index contributed by atoms with van der Waals surface area (Å²) in [7, 11) is 0. The first-order valence-electron chi connectivity index (χ1n) is 3.76. The fourth-order valence-electron chi connectivity index (χ4n) is 0.670. The maximum atomic E-state index is 10.4. The van der Waals surface area contributed by atoms with Gasteiger partial charge >= 0.3 is 5.97 Å². The van der Waals surface area contributed by atoms with Crippen LogP contribution in [-0.2, 0) is 9.53 Å². The van der Waals surface area contributed by atoms with E-state index in [1.165, 1.54) is 6.26 Å². The molecule has 0 aromatic rings. The highest BCUT2D eigenvalue weighted by atomic mass is 16.5. The standard InChI is InChI=1S/C8H14O3/c1-3-5-7(8(9)10)6-11-4-2/h6H,3-5H2,1-2H3,(H,9,10). The zero-order valence-electron chi connectivity index (χ0n) is 6.96. The fourth-order valence-corrected chi connectivity index (χ4v) is 0.670. The number of carbonyl (C=O) groups is 1. The molecule has 0 saturated carbocycles. The quantitative estimate of drug-likeness (QED) is 0.490. The summed E-state index contributed by atoms with van der Waals surface area (Å²) >= 11 is 0. The Morgan fingerprint density at radius 2 is 2.18 bits per heavy atom. The first-order chi connectivity index (χ1) is 5.22. The molecular weight excluding hydrogens is 144 g/mol. The zero-order chi connectivity index (χ0) is 8.69. The van der Waals surface area contributed by atoms with Crippen LogP contribution in [-0.4, -0.2) is 17.7 Å². The van der Waals surface area contributed by atoms with Gasteiger partial charge in [0.05, 0.1) is 18.4 Å². The molecule has 0 aliphatic carbocycles. The molecule has 0 aliphatic rings. The van der Waals surface area contributed by atoms with E-state index in [4.69, 9.17) is 9.84 Å². The smallest absolute Gasteiger partial charge is 0.334 e. The van der Waals surface area contributed by atoms with Crippen molar-refractivity contribution < 1.29 is 14.6 Å². The van der Waals surface area contributed by atoms with Crippen LogP contribution in [0.15, 0.2) is 11.8 Å². The Morgan fingerprint density at radius 1 is 1.55 bits per heavy atom. The van der Waals surface area contributed by atoms with Crippen LogP contribution >= 0.6 is 0 Å². The SMILES string of the molecule is CCCC(=COCC)C(=O)O. The summed E-state index contributed by atoms with van der Waals surface area (Å²) in [4.78, 5) is 10.4. The van der Waals surface area contributed by atoms with E-state index in [2.05, 4.69) is 0 Å². The van der Waals surface area contributed by atoms with E-state index in [0.717, 1.165) is 6.42 Å². The summed E-state index contributed by atoms with van der Waals surface area (Å²) in [5, 5.41) is 8.58. The lowest BCUT2D eigenvalue weighted by Gasteiger charge is -1.99. The minimum absolute atomic E-state index is 0.342. The summed E-state index contributed by atoms with van der Waals surface area (Å²) < 4.78 is 4.87. The molecule has 0 atom stereocenters. The summed E-state index contributed by atoms with van der Waals surface area (Å²) in [6, 6.07) is 0. The second-order valence-corrected chi connectivity index (χ2v) is 2.15. The lowest BCUT2D eigenvalue weighted by Crippen LogP contribution is -2.01. The van der Waals surface area contributed by atoms with Gasteiger partial charge in [0.15, 0.2) is 0 Å². The molecule has 3 heteroatoms. The second-order valence-electron chi connectivity index (χ2n) is 2.15. The Balaban J connectivity index is 3.97. The van der Waals surface area contributed by atoms with E-state index in [9.17, 15) is 4.79 Å². The molecule has 0 amide bonds. The van der Waals surface area contributed by atoms with Crippen LogP contribution in [0.3, 0.4) is 0 Å². The molecule has 1 N–H and O–H groups in total. The molecule has 0 aromatic heterocycles. The maximum Gasteiger partial charge on any atom is 0.334 e. The van der Waals surface area contributed by atoms with Gasteiger partial charge in [-0.15, -0.1) is 0 Å². The first kappa shape index (κ1) is 10.0. The molecule has 0 fully saturated rings. The molecule has 0 unspecified atom stereocenters. The number of carboxylic acid groups (broad SMARTS) is 1. The van der Waals surface area contributed by atoms with Gasteiger partial charge < -0.3 is 9.84 Å². The van der Waals surface area contributed by atoms with Crippen LogP contribution in [0.5, 0.6) is 0 Å². The average molecular weight is 158 g/mol. The average Bonchev–Trinajstić information content (AvgIpc) is 1.97. The number of carboxylic acids is 1. The molecule has 0 aromatic carbocycles. The summed E-state index contributed by atoms with van der Waals surface area (Å²) in [5.41, 5.74) is 0.342. The van der Waals surface area contributed by atoms with Crippen molar-refractivity contribution in [2.24, 2.45) is 0 Å². The second kappa shape index (κ2) is 5.77. The third-order valence-corrected chi connectivity index (χ3v) is 1.19. The van der Waals surface area contributed by atoms with Crippen LogP contribution in [0.4, 0.5) is 0 Å². The van der Waals surface area contributed by atoms with Crippen LogP contribution in [0.25, 0.3) is 0 Å². The van der Waals surface area contributed by atoms with Gasteiger partial charge in [-0.2, -0.15) is 0 Å². The van der Waals surface area contributed by atoms with Gasteiger partial charge in [-0.3, -0.25) is 0 Å². The molecule has 0 rings (SSSR count). The van der Waals surface area contributed by atoms with Crippen molar-refractivity contribution in [2.45, 2.75) is 26.7 Å². The Bertz CT molecular complexity index is 149. The Morgan fingerprint density at radius 3 is 2.55 bits per heavy atom. The fraction of sp³-hybridized carbons (Fsp3) is 0.625. The van der Waals surface area contributed by atoms with Gasteiger partial charge in [0, 0.05) is 0 Å². The van der Waals surface area contributed by atoms with E-state index in [0.29, 0.717) is 18.6 Å². The molecule has 0 aliphatic heterocycles. The van der Waals surface area contributed by atoms with Crippen molar-refractivity contribution in [3.63, 3.8) is 0 Å². The summed E-state index contributed by atoms with van der Waals surface area (Å²) in [6.07, 6.45) is 2.71. The number of hydrogen-bond donors (Lipinski definition) is 1. The highest BCUT2D eigenvalue weighted by Crippen LogP contribution is 2.04. The van der Waals surface area contributed by atoms with Gasteiger partial charge in [0.25, 0.3) is 0 Å². The number of ether oxygens (including phenoxy) is 1. The highest BCUT2D eigenvalue weighted by Gasteiger charge is 2.04. The topological polar surface area (TPSA) is 46.5 Å². The van der Waals surface area contributed by atoms with Crippen LogP contribution in [0, 0.1) is 0 Å². The molecule has 64 valence electrons. The van der Waals surface area contributed by atoms with Crippen LogP contribution in [0.1, 0.15) is 26.7 Å². The van der Waals surface area contributed by atoms with Crippen molar-refractivity contribution in [3.8, 4) is 0 Å². The predicted octanol–water partition coefficient (Wildman–Crippen LogP) is 1.79. The molecule has 0 heterocycles. The summed E-state index contributed by atoms with van der Waals surface area (Å²) in [6.45, 7) is 4.27. The number of aliphatic carboxylic acids is 1. The molecule has 0 bridgehead atoms. The maximum absolute atomic E-state index is 10.4. The third-order valence-electron chi connectivity index (χ3n) is 1.19. The Kier molecular flexibility index (Phi) is 5.25. The number of hydrogen-bond acceptors (Lipinski definition) is 2. The Hall–Kier alpha value is -0.990. The van der Waals surface area contributed by atoms with E-state index in [1.54, 1.807) is 0 Å². The van der Waals surface area contributed by atoms with Crippen molar-refractivity contribution in [1.82, 2.24) is 0 Å². The highest BCUT2D eigenvalue weighted by molar-refractivity contribution is 5.86. The van der Waals surface area contributed by atoms with Crippen molar-refractivity contribution in [2.75, 3.05) is 6.61 Å². The van der Waals surface area contributed by atoms with Crippen molar-refractivity contribution in [3.05, 3.63) is 11.8 Å². The zero-order valence-corrected chi connectivity index (χ0v) is 6.96. The lowest BCUT2D eigenvalue weighted by atomic mass is 10.2. The normalized spacial score (nSPS) is 11.3. The predicted molar refractivity (Wildman–Crippen MR) is 42.3 cm³/mol. The summed E-state index contributed by atoms with van der Waals surface area (Å²) in [5.74, 6) is -0.889. The van der Waals surface area contributed by atoms with Crippen molar-refractivity contribution >= 4 is 5.97 Å². The van der Waals surface area contributed by atoms with Crippen molar-refractivity contribution in [1.29, 1.82) is 0 Å². The van der Waals surface area contributed by atoms with Gasteiger partial charge in [-0.1, -0.05) is 13.3 Å². The minimum atomic E-state index is -0.889. The lowest BCUT2D eigenvalue weighted by molar-refractivity contribution is -0.133. The van der Waals surface area contributed by atoms with E-state index < -0.39 is 5.97 Å². The minimum Gasteiger partial charge on any atom is -0.501 e. The van der Waals surface area contributed by atoms with Gasteiger partial charge in [0.2, 0.25) is 0 Å². The molecule has 0 radical (unpaired) electrons. The number of rotatable bonds is 5. The Labute approximate surface area is 66.7 Å². The molecule has 3 nitrogen and oxygen atoms in total. The van der Waals surface area contributed by atoms with Crippen LogP contribution in [0.2, 0.25) is 0 Å². The molecule has 0 spiro atoms. The molecule has 0 saturated heterocycles. The van der Waals surface area contributed by atoms with E-state index in [1.807, 2.05) is 13.8 Å². The molecular formula is C8H14O3. The van der Waals surface area contributed by atoms with Gasteiger partial charge in [0.1, 0.15) is 0 Å². The first-order valence-corrected chi connectivity index (χ1v) is 3.76. The van der Waals surface area contributed by atoms with E-state index in [-0.39, 0.29) is 0 Å².